The maximum Gasteiger partial charge on any atom is 0.338 e. The van der Waals surface area contributed by atoms with Crippen molar-refractivity contribution in [2.45, 2.75) is 43.5 Å². The summed E-state index contributed by atoms with van der Waals surface area (Å²) in [7, 11) is -3.51. The van der Waals surface area contributed by atoms with Gasteiger partial charge in [-0.05, 0) is 69.3 Å². The van der Waals surface area contributed by atoms with E-state index in [4.69, 9.17) is 4.74 Å². The van der Waals surface area contributed by atoms with Crippen molar-refractivity contribution < 1.29 is 17.9 Å². The van der Waals surface area contributed by atoms with Gasteiger partial charge in [0.1, 0.15) is 0 Å². The molecule has 0 spiro atoms. The first kappa shape index (κ1) is 21.2. The van der Waals surface area contributed by atoms with Gasteiger partial charge in [-0.25, -0.2) is 13.2 Å². The largest absolute Gasteiger partial charge is 0.462 e. The van der Waals surface area contributed by atoms with Crippen LogP contribution in [0, 0.1) is 5.92 Å². The normalized spacial score (nSPS) is 19.0. The highest BCUT2D eigenvalue weighted by Gasteiger charge is 2.30. The molecular formula is C18H27ClN2O4S. The van der Waals surface area contributed by atoms with Crippen LogP contribution in [-0.4, -0.2) is 51.0 Å². The van der Waals surface area contributed by atoms with Crippen LogP contribution in [0.25, 0.3) is 0 Å². The lowest BCUT2D eigenvalue weighted by Gasteiger charge is -2.31. The second-order valence-electron chi connectivity index (χ2n) is 6.77. The van der Waals surface area contributed by atoms with Crippen LogP contribution in [0.3, 0.4) is 0 Å². The summed E-state index contributed by atoms with van der Waals surface area (Å²) in [6.45, 7) is 4.16. The zero-order chi connectivity index (χ0) is 17.9. The molecule has 26 heavy (non-hydrogen) atoms. The molecule has 1 aromatic rings. The molecule has 1 aromatic carbocycles. The highest BCUT2D eigenvalue weighted by molar-refractivity contribution is 7.89. The number of hydrogen-bond acceptors (Lipinski definition) is 5. The zero-order valence-corrected chi connectivity index (χ0v) is 16.7. The lowest BCUT2D eigenvalue weighted by atomic mass is 10.1. The Morgan fingerprint density at radius 3 is 2.31 bits per heavy atom. The summed E-state index contributed by atoms with van der Waals surface area (Å²) in [6, 6.07) is 6.40. The molecule has 0 amide bonds. The van der Waals surface area contributed by atoms with Crippen molar-refractivity contribution in [3.05, 3.63) is 29.8 Å². The molecular weight excluding hydrogens is 376 g/mol. The van der Waals surface area contributed by atoms with Crippen molar-refractivity contribution >= 4 is 28.4 Å². The van der Waals surface area contributed by atoms with Gasteiger partial charge in [0, 0.05) is 19.1 Å². The number of sulfonamides is 1. The summed E-state index contributed by atoms with van der Waals surface area (Å²) >= 11 is 0. The molecule has 0 radical (unpaired) electrons. The maximum atomic E-state index is 12.8. The third-order valence-electron chi connectivity index (χ3n) is 4.85. The molecule has 1 aliphatic heterocycles. The molecule has 2 aliphatic rings. The molecule has 0 atom stereocenters. The Morgan fingerprint density at radius 2 is 1.77 bits per heavy atom. The van der Waals surface area contributed by atoms with E-state index in [9.17, 15) is 13.2 Å². The zero-order valence-electron chi connectivity index (χ0n) is 15.0. The van der Waals surface area contributed by atoms with Crippen LogP contribution in [0.5, 0.6) is 0 Å². The summed E-state index contributed by atoms with van der Waals surface area (Å²) in [4.78, 5) is 11.9. The van der Waals surface area contributed by atoms with Gasteiger partial charge < -0.3 is 10.1 Å². The molecule has 146 valence electrons. The average Bonchev–Trinajstić information content (AvgIpc) is 3.45. The molecule has 3 rings (SSSR count). The quantitative estimate of drug-likeness (QED) is 0.709. The Morgan fingerprint density at radius 1 is 1.15 bits per heavy atom. The Kier molecular flexibility index (Phi) is 7.46. The SMILES string of the molecule is CCOC(=O)c1ccc(S(=O)(=O)N2CCC(NCC3CC3)CC2)cc1.Cl. The first-order chi connectivity index (χ1) is 12.0. The highest BCUT2D eigenvalue weighted by Crippen LogP contribution is 2.28. The van der Waals surface area contributed by atoms with Crippen molar-refractivity contribution in [3.63, 3.8) is 0 Å². The van der Waals surface area contributed by atoms with Crippen molar-refractivity contribution in [1.82, 2.24) is 9.62 Å². The molecule has 8 heteroatoms. The monoisotopic (exact) mass is 402 g/mol. The number of carbonyl (C=O) groups is 1. The Hall–Kier alpha value is -1.15. The number of esters is 1. The van der Waals surface area contributed by atoms with Gasteiger partial charge >= 0.3 is 5.97 Å². The van der Waals surface area contributed by atoms with Gasteiger partial charge in [-0.1, -0.05) is 0 Å². The minimum absolute atomic E-state index is 0. The predicted octanol–water partition coefficient (Wildman–Crippen LogP) is 2.44. The molecule has 0 unspecified atom stereocenters. The third kappa shape index (κ3) is 5.19. The van der Waals surface area contributed by atoms with Crippen molar-refractivity contribution in [2.24, 2.45) is 5.92 Å². The molecule has 1 heterocycles. The van der Waals surface area contributed by atoms with Crippen LogP contribution >= 0.6 is 12.4 Å². The van der Waals surface area contributed by atoms with Gasteiger partial charge in [0.2, 0.25) is 10.0 Å². The topological polar surface area (TPSA) is 75.7 Å². The van der Waals surface area contributed by atoms with Crippen molar-refractivity contribution in [3.8, 4) is 0 Å². The number of piperidine rings is 1. The van der Waals surface area contributed by atoms with E-state index in [2.05, 4.69) is 5.32 Å². The Balaban J connectivity index is 0.00000243. The number of nitrogens with zero attached hydrogens (tertiary/aromatic N) is 1. The van der Waals surface area contributed by atoms with E-state index in [1.54, 1.807) is 11.2 Å². The Bertz CT molecular complexity index is 696. The lowest BCUT2D eigenvalue weighted by Crippen LogP contribution is -2.45. The van der Waals surface area contributed by atoms with Gasteiger partial charge in [-0.15, -0.1) is 12.4 Å². The first-order valence-corrected chi connectivity index (χ1v) is 10.5. The van der Waals surface area contributed by atoms with Crippen LogP contribution in [0.2, 0.25) is 0 Å². The van der Waals surface area contributed by atoms with E-state index in [-0.39, 0.29) is 17.3 Å². The van der Waals surface area contributed by atoms with Crippen molar-refractivity contribution in [2.75, 3.05) is 26.2 Å². The number of hydrogen-bond donors (Lipinski definition) is 1. The van der Waals surface area contributed by atoms with E-state index >= 15 is 0 Å². The van der Waals surface area contributed by atoms with E-state index in [0.717, 1.165) is 25.3 Å². The first-order valence-electron chi connectivity index (χ1n) is 9.01. The minimum atomic E-state index is -3.51. The molecule has 1 N–H and O–H groups in total. The average molecular weight is 403 g/mol. The van der Waals surface area contributed by atoms with Gasteiger partial charge in [0.15, 0.2) is 0 Å². The summed E-state index contributed by atoms with van der Waals surface area (Å²) < 4.78 is 32.0. The van der Waals surface area contributed by atoms with Gasteiger partial charge in [0.25, 0.3) is 0 Å². The van der Waals surface area contributed by atoms with Crippen LogP contribution in [-0.2, 0) is 14.8 Å². The Labute approximate surface area is 161 Å². The van der Waals surface area contributed by atoms with E-state index < -0.39 is 16.0 Å². The molecule has 1 saturated carbocycles. The van der Waals surface area contributed by atoms with Gasteiger partial charge in [-0.3, -0.25) is 0 Å². The van der Waals surface area contributed by atoms with Crippen LogP contribution < -0.4 is 5.32 Å². The van der Waals surface area contributed by atoms with Crippen molar-refractivity contribution in [1.29, 1.82) is 0 Å². The van der Waals surface area contributed by atoms with Crippen LogP contribution in [0.1, 0.15) is 43.0 Å². The van der Waals surface area contributed by atoms with E-state index in [1.807, 2.05) is 0 Å². The number of benzene rings is 1. The number of halogens is 1. The predicted molar refractivity (Wildman–Crippen MR) is 102 cm³/mol. The van der Waals surface area contributed by atoms with Crippen LogP contribution in [0.15, 0.2) is 29.2 Å². The van der Waals surface area contributed by atoms with E-state index in [1.165, 1.54) is 37.1 Å². The number of nitrogens with one attached hydrogen (secondary N) is 1. The molecule has 1 aliphatic carbocycles. The summed E-state index contributed by atoms with van der Waals surface area (Å²) in [5.74, 6) is 0.397. The summed E-state index contributed by atoms with van der Waals surface area (Å²) in [5, 5.41) is 3.55. The molecule has 2 fully saturated rings. The van der Waals surface area contributed by atoms with E-state index in [0.29, 0.717) is 31.3 Å². The van der Waals surface area contributed by atoms with Crippen LogP contribution in [0.4, 0.5) is 0 Å². The lowest BCUT2D eigenvalue weighted by molar-refractivity contribution is 0.0526. The molecule has 0 aromatic heterocycles. The second-order valence-corrected chi connectivity index (χ2v) is 8.71. The fraction of sp³-hybridized carbons (Fsp3) is 0.611. The summed E-state index contributed by atoms with van der Waals surface area (Å²) in [5.41, 5.74) is 0.365. The fourth-order valence-corrected chi connectivity index (χ4v) is 4.55. The second kappa shape index (κ2) is 9.17. The molecule has 0 bridgehead atoms. The number of carbonyl (C=O) groups excluding carboxylic acids is 1. The maximum absolute atomic E-state index is 12.8. The smallest absolute Gasteiger partial charge is 0.338 e. The molecule has 6 nitrogen and oxygen atoms in total. The molecule has 1 saturated heterocycles. The number of rotatable bonds is 7. The summed E-state index contributed by atoms with van der Waals surface area (Å²) in [6.07, 6.45) is 4.32. The number of ether oxygens (including phenoxy) is 1. The van der Waals surface area contributed by atoms with Gasteiger partial charge in [-0.2, -0.15) is 4.31 Å². The highest BCUT2D eigenvalue weighted by atomic mass is 35.5. The standard InChI is InChI=1S/C18H26N2O4S.ClH/c1-2-24-18(21)15-5-7-17(8-6-15)25(22,23)20-11-9-16(10-12-20)19-13-14-3-4-14;/h5-8,14,16,19H,2-4,9-13H2,1H3;1H. The minimum Gasteiger partial charge on any atom is -0.462 e. The third-order valence-corrected chi connectivity index (χ3v) is 6.76. The van der Waals surface area contributed by atoms with Gasteiger partial charge in [0.05, 0.1) is 17.1 Å². The fourth-order valence-electron chi connectivity index (χ4n) is 3.08.